The van der Waals surface area contributed by atoms with Crippen LogP contribution in [0.3, 0.4) is 0 Å². The standard InChI is InChI=1S/C24H50O2/c1-6-7-9-16-23(2,3)18-11-14-21-26-22-15-12-19-24(4,5)17-10-8-13-20-25/h25H,6-22H2,1-5H3. The van der Waals surface area contributed by atoms with Crippen molar-refractivity contribution in [2.75, 3.05) is 19.8 Å². The number of unbranched alkanes of at least 4 members (excludes halogenated alkanes) is 6. The molecule has 1 N–H and O–H groups in total. The van der Waals surface area contributed by atoms with Crippen LogP contribution in [0.5, 0.6) is 0 Å². The highest BCUT2D eigenvalue weighted by Gasteiger charge is 2.17. The van der Waals surface area contributed by atoms with Crippen molar-refractivity contribution in [2.45, 2.75) is 125 Å². The smallest absolute Gasteiger partial charge is 0.0466 e. The molecule has 0 spiro atoms. The molecule has 2 heteroatoms. The third-order valence-corrected chi connectivity index (χ3v) is 5.75. The Morgan fingerprint density at radius 2 is 1.00 bits per heavy atom. The van der Waals surface area contributed by atoms with E-state index in [1.807, 2.05) is 0 Å². The summed E-state index contributed by atoms with van der Waals surface area (Å²) < 4.78 is 5.85. The molecule has 0 fully saturated rings. The summed E-state index contributed by atoms with van der Waals surface area (Å²) in [7, 11) is 0. The van der Waals surface area contributed by atoms with E-state index in [2.05, 4.69) is 34.6 Å². The molecule has 0 aromatic heterocycles. The Morgan fingerprint density at radius 1 is 0.577 bits per heavy atom. The van der Waals surface area contributed by atoms with Gasteiger partial charge in [-0.3, -0.25) is 0 Å². The first-order chi connectivity index (χ1) is 12.3. The van der Waals surface area contributed by atoms with Crippen molar-refractivity contribution in [2.24, 2.45) is 10.8 Å². The predicted octanol–water partition coefficient (Wildman–Crippen LogP) is 7.53. The molecule has 2 nitrogen and oxygen atoms in total. The minimum atomic E-state index is 0.341. The van der Waals surface area contributed by atoms with Crippen LogP contribution in [0.25, 0.3) is 0 Å². The molecule has 0 radical (unpaired) electrons. The van der Waals surface area contributed by atoms with Gasteiger partial charge in [0.15, 0.2) is 0 Å². The second kappa shape index (κ2) is 15.9. The Kier molecular flexibility index (Phi) is 15.9. The lowest BCUT2D eigenvalue weighted by Crippen LogP contribution is -2.12. The van der Waals surface area contributed by atoms with E-state index < -0.39 is 0 Å². The SMILES string of the molecule is CCCCCC(C)(C)CCCCOCCCCC(C)(C)CCCCCO. The molecule has 0 rings (SSSR count). The van der Waals surface area contributed by atoms with Gasteiger partial charge in [0.2, 0.25) is 0 Å². The fourth-order valence-electron chi connectivity index (χ4n) is 3.71. The first kappa shape index (κ1) is 25.9. The van der Waals surface area contributed by atoms with Crippen molar-refractivity contribution < 1.29 is 9.84 Å². The number of hydrogen-bond acceptors (Lipinski definition) is 2. The Balaban J connectivity index is 3.47. The number of hydrogen-bond donors (Lipinski definition) is 1. The highest BCUT2D eigenvalue weighted by atomic mass is 16.5. The molecular formula is C24H50O2. The molecule has 0 aromatic rings. The van der Waals surface area contributed by atoms with E-state index in [0.717, 1.165) is 19.6 Å². The zero-order chi connectivity index (χ0) is 19.7. The topological polar surface area (TPSA) is 29.5 Å². The zero-order valence-corrected chi connectivity index (χ0v) is 18.9. The van der Waals surface area contributed by atoms with Crippen LogP contribution >= 0.6 is 0 Å². The molecule has 0 unspecified atom stereocenters. The molecule has 0 bridgehead atoms. The Labute approximate surface area is 165 Å². The second-order valence-corrected chi connectivity index (χ2v) is 9.85. The maximum Gasteiger partial charge on any atom is 0.0466 e. The van der Waals surface area contributed by atoms with Gasteiger partial charge in [0, 0.05) is 19.8 Å². The Morgan fingerprint density at radius 3 is 1.42 bits per heavy atom. The maximum absolute atomic E-state index is 8.84. The fraction of sp³-hybridized carbons (Fsp3) is 1.00. The van der Waals surface area contributed by atoms with Gasteiger partial charge in [-0.15, -0.1) is 0 Å². The molecule has 0 heterocycles. The number of ether oxygens (including phenoxy) is 1. The molecular weight excluding hydrogens is 320 g/mol. The van der Waals surface area contributed by atoms with Crippen molar-refractivity contribution in [1.82, 2.24) is 0 Å². The monoisotopic (exact) mass is 370 g/mol. The van der Waals surface area contributed by atoms with E-state index in [1.165, 1.54) is 83.5 Å². The summed E-state index contributed by atoms with van der Waals surface area (Å²) in [6.45, 7) is 14.1. The number of aliphatic hydroxyl groups excluding tert-OH is 1. The van der Waals surface area contributed by atoms with Gasteiger partial charge in [-0.05, 0) is 55.8 Å². The lowest BCUT2D eigenvalue weighted by Gasteiger charge is -2.25. The molecule has 0 aliphatic heterocycles. The molecule has 0 aliphatic carbocycles. The van der Waals surface area contributed by atoms with Gasteiger partial charge in [0.05, 0.1) is 0 Å². The van der Waals surface area contributed by atoms with Gasteiger partial charge in [0.25, 0.3) is 0 Å². The van der Waals surface area contributed by atoms with Crippen LogP contribution < -0.4 is 0 Å². The minimum Gasteiger partial charge on any atom is -0.396 e. The fourth-order valence-corrected chi connectivity index (χ4v) is 3.71. The van der Waals surface area contributed by atoms with Gasteiger partial charge < -0.3 is 9.84 Å². The number of aliphatic hydroxyl groups is 1. The summed E-state index contributed by atoms with van der Waals surface area (Å²) in [6, 6.07) is 0. The van der Waals surface area contributed by atoms with Crippen LogP contribution in [0.2, 0.25) is 0 Å². The van der Waals surface area contributed by atoms with E-state index in [1.54, 1.807) is 0 Å². The van der Waals surface area contributed by atoms with Crippen molar-refractivity contribution in [3.8, 4) is 0 Å². The lowest BCUT2D eigenvalue weighted by molar-refractivity contribution is 0.119. The van der Waals surface area contributed by atoms with Crippen LogP contribution in [0.1, 0.15) is 125 Å². The van der Waals surface area contributed by atoms with Crippen molar-refractivity contribution in [3.63, 3.8) is 0 Å². The summed E-state index contributed by atoms with van der Waals surface area (Å²) in [5.41, 5.74) is 0.955. The predicted molar refractivity (Wildman–Crippen MR) is 116 cm³/mol. The molecule has 0 saturated heterocycles. The van der Waals surface area contributed by atoms with Gasteiger partial charge in [-0.1, -0.05) is 79.6 Å². The molecule has 0 amide bonds. The first-order valence-electron chi connectivity index (χ1n) is 11.5. The summed E-state index contributed by atoms with van der Waals surface area (Å²) in [5.74, 6) is 0. The molecule has 0 aromatic carbocycles. The van der Waals surface area contributed by atoms with Crippen molar-refractivity contribution in [3.05, 3.63) is 0 Å². The molecule has 0 aliphatic rings. The van der Waals surface area contributed by atoms with Gasteiger partial charge in [-0.2, -0.15) is 0 Å². The second-order valence-electron chi connectivity index (χ2n) is 9.85. The van der Waals surface area contributed by atoms with Crippen molar-refractivity contribution >= 4 is 0 Å². The first-order valence-corrected chi connectivity index (χ1v) is 11.5. The van der Waals surface area contributed by atoms with Gasteiger partial charge in [0.1, 0.15) is 0 Å². The summed E-state index contributed by atoms with van der Waals surface area (Å²) in [5, 5.41) is 8.84. The molecule has 158 valence electrons. The maximum atomic E-state index is 8.84. The van der Waals surface area contributed by atoms with Crippen molar-refractivity contribution in [1.29, 1.82) is 0 Å². The normalized spacial score (nSPS) is 12.7. The average molecular weight is 371 g/mol. The molecule has 0 atom stereocenters. The third kappa shape index (κ3) is 17.3. The Bertz CT molecular complexity index is 297. The summed E-state index contributed by atoms with van der Waals surface area (Å²) >= 11 is 0. The summed E-state index contributed by atoms with van der Waals surface area (Å²) in [6.07, 6.45) is 17.7. The quantitative estimate of drug-likeness (QED) is 0.238. The van der Waals surface area contributed by atoms with Crippen LogP contribution in [0.15, 0.2) is 0 Å². The number of rotatable bonds is 19. The molecule has 0 saturated carbocycles. The lowest BCUT2D eigenvalue weighted by atomic mass is 9.82. The van der Waals surface area contributed by atoms with Crippen LogP contribution in [0, 0.1) is 10.8 Å². The molecule has 26 heavy (non-hydrogen) atoms. The minimum absolute atomic E-state index is 0.341. The van der Waals surface area contributed by atoms with E-state index in [9.17, 15) is 0 Å². The van der Waals surface area contributed by atoms with E-state index >= 15 is 0 Å². The van der Waals surface area contributed by atoms with E-state index in [0.29, 0.717) is 17.4 Å². The van der Waals surface area contributed by atoms with Crippen LogP contribution in [-0.2, 0) is 4.74 Å². The zero-order valence-electron chi connectivity index (χ0n) is 18.9. The van der Waals surface area contributed by atoms with Gasteiger partial charge in [-0.25, -0.2) is 0 Å². The third-order valence-electron chi connectivity index (χ3n) is 5.75. The van der Waals surface area contributed by atoms with E-state index in [-0.39, 0.29) is 0 Å². The Hall–Kier alpha value is -0.0800. The van der Waals surface area contributed by atoms with Crippen LogP contribution in [0.4, 0.5) is 0 Å². The average Bonchev–Trinajstić information content (AvgIpc) is 2.57. The highest BCUT2D eigenvalue weighted by Crippen LogP contribution is 2.30. The highest BCUT2D eigenvalue weighted by molar-refractivity contribution is 4.69. The van der Waals surface area contributed by atoms with E-state index in [4.69, 9.17) is 9.84 Å². The van der Waals surface area contributed by atoms with Crippen LogP contribution in [-0.4, -0.2) is 24.9 Å². The van der Waals surface area contributed by atoms with Gasteiger partial charge >= 0.3 is 0 Å². The summed E-state index contributed by atoms with van der Waals surface area (Å²) in [4.78, 5) is 0. The largest absolute Gasteiger partial charge is 0.396 e.